The van der Waals surface area contributed by atoms with Crippen LogP contribution < -0.4 is 0 Å². The van der Waals surface area contributed by atoms with Gasteiger partial charge in [0, 0.05) is 6.61 Å². The minimum Gasteiger partial charge on any atom is -0.481 e. The Labute approximate surface area is 90.8 Å². The molecule has 2 fully saturated rings. The van der Waals surface area contributed by atoms with Gasteiger partial charge in [0.2, 0.25) is 0 Å². The fraction of sp³-hybridized carbons (Fsp3) is 0.917. The number of aliphatic carboxylic acids is 1. The minimum atomic E-state index is -0.666. The summed E-state index contributed by atoms with van der Waals surface area (Å²) in [5, 5.41) is 9.44. The minimum absolute atomic E-state index is 0.132. The SMILES string of the molecule is CC1OCCC1(CC1(C)CCC1)C(=O)O. The van der Waals surface area contributed by atoms with Gasteiger partial charge in [-0.25, -0.2) is 0 Å². The van der Waals surface area contributed by atoms with E-state index < -0.39 is 11.4 Å². The zero-order valence-corrected chi connectivity index (χ0v) is 9.58. The molecule has 1 N–H and O–H groups in total. The van der Waals surface area contributed by atoms with Crippen LogP contribution in [0.5, 0.6) is 0 Å². The average Bonchev–Trinajstić information content (AvgIpc) is 2.46. The van der Waals surface area contributed by atoms with Crippen LogP contribution in [0.2, 0.25) is 0 Å². The first-order valence-electron chi connectivity index (χ1n) is 5.84. The third kappa shape index (κ3) is 1.67. The number of carboxylic acid groups (broad SMARTS) is 1. The first-order valence-corrected chi connectivity index (χ1v) is 5.84. The number of rotatable bonds is 3. The van der Waals surface area contributed by atoms with Gasteiger partial charge in [-0.1, -0.05) is 13.3 Å². The van der Waals surface area contributed by atoms with Crippen molar-refractivity contribution in [2.75, 3.05) is 6.61 Å². The van der Waals surface area contributed by atoms with E-state index in [0.29, 0.717) is 13.0 Å². The molecule has 3 heteroatoms. The highest BCUT2D eigenvalue weighted by Gasteiger charge is 2.52. The van der Waals surface area contributed by atoms with E-state index in [1.165, 1.54) is 19.3 Å². The van der Waals surface area contributed by atoms with Crippen LogP contribution in [-0.4, -0.2) is 23.8 Å². The van der Waals surface area contributed by atoms with Crippen molar-refractivity contribution in [3.63, 3.8) is 0 Å². The summed E-state index contributed by atoms with van der Waals surface area (Å²) in [7, 11) is 0. The lowest BCUT2D eigenvalue weighted by molar-refractivity contribution is -0.155. The van der Waals surface area contributed by atoms with Crippen molar-refractivity contribution in [1.29, 1.82) is 0 Å². The van der Waals surface area contributed by atoms with Crippen molar-refractivity contribution in [3.05, 3.63) is 0 Å². The first-order chi connectivity index (χ1) is 6.99. The zero-order valence-electron chi connectivity index (χ0n) is 9.58. The Balaban J connectivity index is 2.16. The number of ether oxygens (including phenoxy) is 1. The van der Waals surface area contributed by atoms with Crippen LogP contribution in [0.1, 0.15) is 46.0 Å². The van der Waals surface area contributed by atoms with E-state index in [2.05, 4.69) is 6.92 Å². The molecule has 3 nitrogen and oxygen atoms in total. The van der Waals surface area contributed by atoms with Gasteiger partial charge in [0.05, 0.1) is 11.5 Å². The maximum Gasteiger partial charge on any atom is 0.312 e. The third-order valence-corrected chi connectivity index (χ3v) is 4.42. The Kier molecular flexibility index (Phi) is 2.53. The maximum absolute atomic E-state index is 11.5. The molecule has 0 aromatic carbocycles. The molecule has 0 amide bonds. The van der Waals surface area contributed by atoms with Gasteiger partial charge in [-0.05, 0) is 38.0 Å². The van der Waals surface area contributed by atoms with Crippen LogP contribution in [0, 0.1) is 10.8 Å². The largest absolute Gasteiger partial charge is 0.481 e. The summed E-state index contributed by atoms with van der Waals surface area (Å²) in [6, 6.07) is 0. The van der Waals surface area contributed by atoms with Crippen molar-refractivity contribution in [2.24, 2.45) is 10.8 Å². The standard InChI is InChI=1S/C12H20O3/c1-9-12(10(13)14,6-7-15-9)8-11(2)4-3-5-11/h9H,3-8H2,1-2H3,(H,13,14). The van der Waals surface area contributed by atoms with Gasteiger partial charge in [0.1, 0.15) is 0 Å². The molecule has 1 saturated heterocycles. The number of carbonyl (C=O) groups is 1. The summed E-state index contributed by atoms with van der Waals surface area (Å²) in [6.07, 6.45) is 4.94. The topological polar surface area (TPSA) is 46.5 Å². The summed E-state index contributed by atoms with van der Waals surface area (Å²) in [4.78, 5) is 11.5. The average molecular weight is 212 g/mol. The van der Waals surface area contributed by atoms with Crippen LogP contribution >= 0.6 is 0 Å². The molecule has 1 aliphatic carbocycles. The molecule has 0 aromatic heterocycles. The second-order valence-corrected chi connectivity index (χ2v) is 5.57. The molecule has 2 rings (SSSR count). The van der Waals surface area contributed by atoms with E-state index in [0.717, 1.165) is 6.42 Å². The van der Waals surface area contributed by atoms with E-state index >= 15 is 0 Å². The molecule has 0 radical (unpaired) electrons. The first kappa shape index (κ1) is 10.9. The summed E-state index contributed by atoms with van der Waals surface area (Å²) in [5.74, 6) is -0.666. The van der Waals surface area contributed by atoms with Crippen LogP contribution in [0.4, 0.5) is 0 Å². The smallest absolute Gasteiger partial charge is 0.312 e. The van der Waals surface area contributed by atoms with Gasteiger partial charge in [-0.15, -0.1) is 0 Å². The molecule has 0 spiro atoms. The third-order valence-electron chi connectivity index (χ3n) is 4.42. The summed E-state index contributed by atoms with van der Waals surface area (Å²) in [6.45, 7) is 4.72. The van der Waals surface area contributed by atoms with Gasteiger partial charge in [-0.2, -0.15) is 0 Å². The fourth-order valence-electron chi connectivity index (χ4n) is 3.09. The lowest BCUT2D eigenvalue weighted by Crippen LogP contribution is -2.43. The lowest BCUT2D eigenvalue weighted by Gasteiger charge is -2.44. The van der Waals surface area contributed by atoms with Gasteiger partial charge in [-0.3, -0.25) is 4.79 Å². The fourth-order valence-corrected chi connectivity index (χ4v) is 3.09. The molecule has 0 bridgehead atoms. The van der Waals surface area contributed by atoms with E-state index in [-0.39, 0.29) is 11.5 Å². The van der Waals surface area contributed by atoms with Crippen LogP contribution in [0.25, 0.3) is 0 Å². The Morgan fingerprint density at radius 1 is 1.47 bits per heavy atom. The second kappa shape index (κ2) is 3.48. The van der Waals surface area contributed by atoms with E-state index in [1.807, 2.05) is 6.92 Å². The Bertz CT molecular complexity index is 270. The molecule has 2 aliphatic rings. The molecule has 1 saturated carbocycles. The second-order valence-electron chi connectivity index (χ2n) is 5.57. The highest BCUT2D eigenvalue weighted by Crippen LogP contribution is 2.52. The van der Waals surface area contributed by atoms with E-state index in [4.69, 9.17) is 4.74 Å². The quantitative estimate of drug-likeness (QED) is 0.781. The maximum atomic E-state index is 11.5. The molecule has 1 heterocycles. The predicted molar refractivity (Wildman–Crippen MR) is 56.7 cm³/mol. The van der Waals surface area contributed by atoms with Crippen molar-refractivity contribution in [3.8, 4) is 0 Å². The number of hydrogen-bond acceptors (Lipinski definition) is 2. The highest BCUT2D eigenvalue weighted by molar-refractivity contribution is 5.76. The molecular weight excluding hydrogens is 192 g/mol. The molecule has 2 unspecified atom stereocenters. The molecule has 1 aliphatic heterocycles. The number of hydrogen-bond donors (Lipinski definition) is 1. The monoisotopic (exact) mass is 212 g/mol. The van der Waals surface area contributed by atoms with Gasteiger partial charge >= 0.3 is 5.97 Å². The van der Waals surface area contributed by atoms with Crippen LogP contribution in [-0.2, 0) is 9.53 Å². The predicted octanol–water partition coefficient (Wildman–Crippen LogP) is 2.45. The van der Waals surface area contributed by atoms with Crippen molar-refractivity contribution >= 4 is 5.97 Å². The number of carboxylic acids is 1. The Morgan fingerprint density at radius 3 is 2.47 bits per heavy atom. The summed E-state index contributed by atoms with van der Waals surface area (Å²) in [5.41, 5.74) is -0.366. The summed E-state index contributed by atoms with van der Waals surface area (Å²) < 4.78 is 5.46. The Morgan fingerprint density at radius 2 is 2.13 bits per heavy atom. The molecule has 15 heavy (non-hydrogen) atoms. The highest BCUT2D eigenvalue weighted by atomic mass is 16.5. The van der Waals surface area contributed by atoms with Crippen molar-refractivity contribution < 1.29 is 14.6 Å². The normalized spacial score (nSPS) is 38.7. The van der Waals surface area contributed by atoms with Crippen LogP contribution in [0.15, 0.2) is 0 Å². The van der Waals surface area contributed by atoms with Crippen LogP contribution in [0.3, 0.4) is 0 Å². The zero-order chi connectivity index (χ0) is 11.1. The molecule has 2 atom stereocenters. The van der Waals surface area contributed by atoms with E-state index in [1.54, 1.807) is 0 Å². The van der Waals surface area contributed by atoms with E-state index in [9.17, 15) is 9.90 Å². The van der Waals surface area contributed by atoms with Crippen molar-refractivity contribution in [2.45, 2.75) is 52.1 Å². The van der Waals surface area contributed by atoms with Gasteiger partial charge < -0.3 is 9.84 Å². The van der Waals surface area contributed by atoms with Gasteiger partial charge in [0.15, 0.2) is 0 Å². The van der Waals surface area contributed by atoms with Gasteiger partial charge in [0.25, 0.3) is 0 Å². The molecule has 86 valence electrons. The lowest BCUT2D eigenvalue weighted by atomic mass is 9.60. The summed E-state index contributed by atoms with van der Waals surface area (Å²) >= 11 is 0. The van der Waals surface area contributed by atoms with Crippen molar-refractivity contribution in [1.82, 2.24) is 0 Å². The molecule has 0 aromatic rings. The Hall–Kier alpha value is -0.570. The molecular formula is C12H20O3.